The average Bonchev–Trinajstić information content (AvgIpc) is 3.35. The minimum absolute atomic E-state index is 0.130. The van der Waals surface area contributed by atoms with E-state index in [9.17, 15) is 0 Å². The molecule has 5 heteroatoms. The summed E-state index contributed by atoms with van der Waals surface area (Å²) in [5.41, 5.74) is 6.61. The Morgan fingerprint density at radius 1 is 1.12 bits per heavy atom. The maximum atomic E-state index is 5.60. The topological polar surface area (TPSA) is 55.7 Å². The Morgan fingerprint density at radius 3 is 2.80 bits per heavy atom. The summed E-state index contributed by atoms with van der Waals surface area (Å²) in [5.74, 6) is 0.760. The number of aromatic nitrogens is 2. The maximum absolute atomic E-state index is 5.60. The van der Waals surface area contributed by atoms with Gasteiger partial charge in [0.2, 0.25) is 5.89 Å². The van der Waals surface area contributed by atoms with Gasteiger partial charge < -0.3 is 8.98 Å². The molecule has 0 radical (unpaired) electrons. The average molecular weight is 328 g/mol. The number of benzene rings is 1. The van der Waals surface area contributed by atoms with Crippen LogP contribution in [-0.4, -0.2) is 21.0 Å². The predicted octanol–water partition coefficient (Wildman–Crippen LogP) is 4.13. The lowest BCUT2D eigenvalue weighted by Crippen LogP contribution is -2.18. The van der Waals surface area contributed by atoms with Gasteiger partial charge in [-0.25, -0.2) is 4.98 Å². The number of hydrogen-bond acceptors (Lipinski definition) is 4. The second-order valence-electron chi connectivity index (χ2n) is 6.31. The molecule has 1 unspecified atom stereocenters. The highest BCUT2D eigenvalue weighted by atomic mass is 16.3. The van der Waals surface area contributed by atoms with Crippen molar-refractivity contribution in [1.29, 1.82) is 0 Å². The van der Waals surface area contributed by atoms with E-state index in [1.807, 2.05) is 13.0 Å². The molecule has 5 nitrogen and oxygen atoms in total. The van der Waals surface area contributed by atoms with Crippen molar-refractivity contribution < 1.29 is 4.42 Å². The minimum Gasteiger partial charge on any atom is -0.443 e. The van der Waals surface area contributed by atoms with Gasteiger partial charge in [0, 0.05) is 12.2 Å². The molecule has 122 valence electrons. The molecule has 0 spiro atoms. The summed E-state index contributed by atoms with van der Waals surface area (Å²) >= 11 is 0. The largest absolute Gasteiger partial charge is 0.443 e. The van der Waals surface area contributed by atoms with Gasteiger partial charge in [0.05, 0.1) is 23.5 Å². The van der Waals surface area contributed by atoms with Crippen LogP contribution < -0.4 is 0 Å². The van der Waals surface area contributed by atoms with Crippen LogP contribution >= 0.6 is 0 Å². The Balaban J connectivity index is 1.70. The van der Waals surface area contributed by atoms with Crippen molar-refractivity contribution in [3.8, 4) is 11.6 Å². The first-order valence-electron chi connectivity index (χ1n) is 8.28. The molecule has 3 aromatic rings. The summed E-state index contributed by atoms with van der Waals surface area (Å²) in [6.45, 7) is 2.79. The summed E-state index contributed by atoms with van der Waals surface area (Å²) in [6.07, 6.45) is 7.47. The summed E-state index contributed by atoms with van der Waals surface area (Å²) in [5, 5.41) is 8.56. The van der Waals surface area contributed by atoms with E-state index >= 15 is 0 Å². The molecule has 0 N–H and O–H groups in total. The van der Waals surface area contributed by atoms with Gasteiger partial charge in [-0.2, -0.15) is 10.2 Å². The fraction of sp³-hybridized carbons (Fsp3) is 0.150. The molecular formula is C20H16N4O. The van der Waals surface area contributed by atoms with Crippen LogP contribution in [0.3, 0.4) is 0 Å². The predicted molar refractivity (Wildman–Crippen MR) is 97.8 cm³/mol. The second-order valence-corrected chi connectivity index (χ2v) is 6.31. The molecule has 1 aromatic carbocycles. The summed E-state index contributed by atoms with van der Waals surface area (Å²) < 4.78 is 7.86. The molecule has 3 heterocycles. The van der Waals surface area contributed by atoms with Crippen LogP contribution in [0.2, 0.25) is 0 Å². The quantitative estimate of drug-likeness (QED) is 0.726. The first-order chi connectivity index (χ1) is 12.3. The zero-order chi connectivity index (χ0) is 16.8. The molecular weight excluding hydrogens is 312 g/mol. The van der Waals surface area contributed by atoms with Crippen LogP contribution in [0.5, 0.6) is 0 Å². The zero-order valence-corrected chi connectivity index (χ0v) is 13.8. The molecule has 0 saturated heterocycles. The van der Waals surface area contributed by atoms with Gasteiger partial charge in [-0.3, -0.25) is 0 Å². The van der Waals surface area contributed by atoms with Crippen molar-refractivity contribution in [2.75, 3.05) is 0 Å². The van der Waals surface area contributed by atoms with E-state index in [1.165, 1.54) is 11.1 Å². The van der Waals surface area contributed by atoms with Crippen molar-refractivity contribution >= 4 is 17.5 Å². The summed E-state index contributed by atoms with van der Waals surface area (Å²) in [6, 6.07) is 12.6. The van der Waals surface area contributed by atoms with Gasteiger partial charge in [-0.05, 0) is 36.3 Å². The van der Waals surface area contributed by atoms with Crippen molar-refractivity contribution in [3.05, 3.63) is 71.8 Å². The third-order valence-corrected chi connectivity index (χ3v) is 4.76. The Hall–Kier alpha value is -3.21. The molecule has 1 aliphatic carbocycles. The van der Waals surface area contributed by atoms with E-state index in [2.05, 4.69) is 62.2 Å². The second kappa shape index (κ2) is 5.41. The zero-order valence-electron chi connectivity index (χ0n) is 13.8. The van der Waals surface area contributed by atoms with Gasteiger partial charge in [-0.1, -0.05) is 30.3 Å². The Labute approximate surface area is 145 Å². The van der Waals surface area contributed by atoms with Gasteiger partial charge in [0.1, 0.15) is 12.0 Å². The number of fused-ring (bicyclic) bond motifs is 3. The fourth-order valence-electron chi connectivity index (χ4n) is 3.61. The number of nitrogens with zero attached hydrogens (tertiary/aromatic N) is 4. The van der Waals surface area contributed by atoms with Crippen molar-refractivity contribution in [3.63, 3.8) is 0 Å². The highest BCUT2D eigenvalue weighted by Crippen LogP contribution is 2.37. The van der Waals surface area contributed by atoms with Gasteiger partial charge in [-0.15, -0.1) is 0 Å². The van der Waals surface area contributed by atoms with E-state index in [0.717, 1.165) is 29.4 Å². The highest BCUT2D eigenvalue weighted by molar-refractivity contribution is 6.21. The van der Waals surface area contributed by atoms with Crippen LogP contribution in [-0.2, 0) is 6.54 Å². The van der Waals surface area contributed by atoms with E-state index in [4.69, 9.17) is 4.42 Å². The van der Waals surface area contributed by atoms with Crippen molar-refractivity contribution in [2.24, 2.45) is 10.2 Å². The van der Waals surface area contributed by atoms with Crippen molar-refractivity contribution in [1.82, 2.24) is 9.55 Å². The number of rotatable bonds is 3. The van der Waals surface area contributed by atoms with E-state index < -0.39 is 0 Å². The maximum Gasteiger partial charge on any atom is 0.243 e. The lowest BCUT2D eigenvalue weighted by molar-refractivity contribution is 0.566. The Morgan fingerprint density at radius 2 is 2.00 bits per heavy atom. The normalized spacial score (nSPS) is 17.9. The molecule has 1 atom stereocenters. The summed E-state index contributed by atoms with van der Waals surface area (Å²) in [7, 11) is 0. The third-order valence-electron chi connectivity index (χ3n) is 4.76. The monoisotopic (exact) mass is 328 g/mol. The number of oxazole rings is 1. The van der Waals surface area contributed by atoms with Crippen molar-refractivity contribution in [2.45, 2.75) is 19.4 Å². The molecule has 2 aromatic heterocycles. The minimum atomic E-state index is 0.130. The first kappa shape index (κ1) is 14.2. The molecule has 5 rings (SSSR count). The first-order valence-corrected chi connectivity index (χ1v) is 8.28. The SMILES string of the molecule is CC1=NN=C2C=Cc3c(cc(-c4ncco4)n3Cc3ccccc3)C12. The molecule has 2 aliphatic rings. The number of allylic oxidation sites excluding steroid dienone is 1. The van der Waals surface area contributed by atoms with Crippen LogP contribution in [0.25, 0.3) is 17.7 Å². The Bertz CT molecular complexity index is 1020. The lowest BCUT2D eigenvalue weighted by Gasteiger charge is -2.18. The smallest absolute Gasteiger partial charge is 0.243 e. The molecule has 0 amide bonds. The van der Waals surface area contributed by atoms with E-state index in [1.54, 1.807) is 12.5 Å². The standard InChI is InChI=1S/C20H16N4O/c1-13-19-15-11-18(20-21-9-10-25-20)24(12-14-5-3-2-4-6-14)17(15)8-7-16(19)23-22-13/h2-11,19H,12H2,1H3. The fourth-order valence-corrected chi connectivity index (χ4v) is 3.61. The highest BCUT2D eigenvalue weighted by Gasteiger charge is 2.32. The third kappa shape index (κ3) is 2.20. The summed E-state index contributed by atoms with van der Waals surface area (Å²) in [4.78, 5) is 4.36. The Kier molecular flexibility index (Phi) is 3.06. The van der Waals surface area contributed by atoms with Crippen LogP contribution in [0, 0.1) is 0 Å². The molecule has 0 bridgehead atoms. The van der Waals surface area contributed by atoms with Crippen LogP contribution in [0.4, 0.5) is 0 Å². The van der Waals surface area contributed by atoms with Crippen LogP contribution in [0.15, 0.2) is 69.6 Å². The molecule has 0 fully saturated rings. The molecule has 0 saturated carbocycles. The van der Waals surface area contributed by atoms with E-state index in [-0.39, 0.29) is 5.92 Å². The molecule has 1 aliphatic heterocycles. The van der Waals surface area contributed by atoms with Gasteiger partial charge in [0.25, 0.3) is 0 Å². The van der Waals surface area contributed by atoms with Gasteiger partial charge >= 0.3 is 0 Å². The van der Waals surface area contributed by atoms with Gasteiger partial charge in [0.15, 0.2) is 0 Å². The number of hydrogen-bond donors (Lipinski definition) is 0. The molecule has 25 heavy (non-hydrogen) atoms. The van der Waals surface area contributed by atoms with Crippen LogP contribution in [0.1, 0.15) is 29.7 Å². The lowest BCUT2D eigenvalue weighted by atomic mass is 9.87. The van der Waals surface area contributed by atoms with E-state index in [0.29, 0.717) is 5.89 Å².